The average Bonchev–Trinajstić information content (AvgIpc) is 2.65. The molecule has 1 amide bonds. The second-order valence-corrected chi connectivity index (χ2v) is 8.26. The van der Waals surface area contributed by atoms with Gasteiger partial charge in [0.1, 0.15) is 17.5 Å². The topological polar surface area (TPSA) is 84.9 Å². The number of nitrogens with zero attached hydrogens (tertiary/aromatic N) is 1. The van der Waals surface area contributed by atoms with Crippen LogP contribution in [0.25, 0.3) is 0 Å². The number of benzene rings is 2. The minimum atomic E-state index is -3.78. The number of carbonyl (C=O) groups is 1. The molecule has 2 rings (SSSR count). The van der Waals surface area contributed by atoms with Crippen LogP contribution in [-0.2, 0) is 14.8 Å². The number of halogens is 1. The van der Waals surface area contributed by atoms with Crippen LogP contribution < -0.4 is 19.1 Å². The summed E-state index contributed by atoms with van der Waals surface area (Å²) in [6, 6.07) is 10.5. The highest BCUT2D eigenvalue weighted by molar-refractivity contribution is 7.92. The Morgan fingerprint density at radius 1 is 1.14 bits per heavy atom. The maximum absolute atomic E-state index is 13.0. The Balaban J connectivity index is 2.43. The SMILES string of the molecule is CCC(C(=O)Nc1ccccc1OC)N(c1ccc(OC)c(Cl)c1)S(C)(=O)=O. The first kappa shape index (κ1) is 21.8. The van der Waals surface area contributed by atoms with Gasteiger partial charge in [-0.15, -0.1) is 0 Å². The molecule has 28 heavy (non-hydrogen) atoms. The highest BCUT2D eigenvalue weighted by Gasteiger charge is 2.32. The van der Waals surface area contributed by atoms with Gasteiger partial charge in [0, 0.05) is 0 Å². The lowest BCUT2D eigenvalue weighted by molar-refractivity contribution is -0.117. The number of carbonyl (C=O) groups excluding carboxylic acids is 1. The molecule has 1 unspecified atom stereocenters. The maximum Gasteiger partial charge on any atom is 0.248 e. The van der Waals surface area contributed by atoms with E-state index in [1.165, 1.54) is 20.3 Å². The Morgan fingerprint density at radius 2 is 1.79 bits per heavy atom. The molecule has 0 saturated heterocycles. The van der Waals surface area contributed by atoms with Crippen molar-refractivity contribution in [3.8, 4) is 11.5 Å². The highest BCUT2D eigenvalue weighted by atomic mass is 35.5. The predicted molar refractivity (Wildman–Crippen MR) is 111 cm³/mol. The van der Waals surface area contributed by atoms with Gasteiger partial charge in [0.15, 0.2) is 0 Å². The van der Waals surface area contributed by atoms with E-state index in [2.05, 4.69) is 5.32 Å². The lowest BCUT2D eigenvalue weighted by Crippen LogP contribution is -2.47. The first-order chi connectivity index (χ1) is 13.2. The molecule has 0 aromatic heterocycles. The lowest BCUT2D eigenvalue weighted by atomic mass is 10.1. The number of hydrogen-bond acceptors (Lipinski definition) is 5. The number of nitrogens with one attached hydrogen (secondary N) is 1. The molecule has 0 radical (unpaired) electrons. The van der Waals surface area contributed by atoms with Crippen molar-refractivity contribution in [2.24, 2.45) is 0 Å². The van der Waals surface area contributed by atoms with Crippen LogP contribution in [0, 0.1) is 0 Å². The van der Waals surface area contributed by atoms with Crippen molar-refractivity contribution in [2.45, 2.75) is 19.4 Å². The second-order valence-electron chi connectivity index (χ2n) is 5.99. The van der Waals surface area contributed by atoms with Crippen LogP contribution in [0.5, 0.6) is 11.5 Å². The summed E-state index contributed by atoms with van der Waals surface area (Å²) in [6.45, 7) is 1.73. The van der Waals surface area contributed by atoms with Crippen LogP contribution in [0.15, 0.2) is 42.5 Å². The zero-order valence-corrected chi connectivity index (χ0v) is 17.7. The van der Waals surface area contributed by atoms with Gasteiger partial charge in [-0.25, -0.2) is 8.42 Å². The van der Waals surface area contributed by atoms with Gasteiger partial charge in [-0.2, -0.15) is 0 Å². The molecule has 0 fully saturated rings. The molecule has 0 aliphatic heterocycles. The Labute approximate surface area is 170 Å². The van der Waals surface area contributed by atoms with Gasteiger partial charge in [-0.3, -0.25) is 9.10 Å². The quantitative estimate of drug-likeness (QED) is 0.697. The van der Waals surface area contributed by atoms with Crippen LogP contribution in [0.2, 0.25) is 5.02 Å². The van der Waals surface area contributed by atoms with Gasteiger partial charge in [-0.1, -0.05) is 30.7 Å². The van der Waals surface area contributed by atoms with Crippen LogP contribution in [0.1, 0.15) is 13.3 Å². The second kappa shape index (κ2) is 9.16. The van der Waals surface area contributed by atoms with Crippen molar-refractivity contribution >= 4 is 38.9 Å². The Hall–Kier alpha value is -2.45. The summed E-state index contributed by atoms with van der Waals surface area (Å²) in [5.41, 5.74) is 0.727. The molecule has 1 atom stereocenters. The first-order valence-corrected chi connectivity index (χ1v) is 10.7. The summed E-state index contributed by atoms with van der Waals surface area (Å²) in [4.78, 5) is 13.0. The molecule has 0 bridgehead atoms. The van der Waals surface area contributed by atoms with E-state index >= 15 is 0 Å². The minimum Gasteiger partial charge on any atom is -0.495 e. The molecule has 0 saturated carbocycles. The van der Waals surface area contributed by atoms with Crippen LogP contribution >= 0.6 is 11.6 Å². The summed E-state index contributed by atoms with van der Waals surface area (Å²) in [7, 11) is -0.823. The summed E-state index contributed by atoms with van der Waals surface area (Å²) in [5, 5.41) is 2.99. The van der Waals surface area contributed by atoms with E-state index in [0.29, 0.717) is 17.2 Å². The van der Waals surface area contributed by atoms with E-state index in [9.17, 15) is 13.2 Å². The number of hydrogen-bond donors (Lipinski definition) is 1. The molecule has 0 aliphatic carbocycles. The van der Waals surface area contributed by atoms with Gasteiger partial charge < -0.3 is 14.8 Å². The predicted octanol–water partition coefficient (Wildman–Crippen LogP) is 3.54. The third kappa shape index (κ3) is 4.88. The highest BCUT2D eigenvalue weighted by Crippen LogP contribution is 2.32. The van der Waals surface area contributed by atoms with E-state index < -0.39 is 22.0 Å². The van der Waals surface area contributed by atoms with Crippen LogP contribution in [-0.4, -0.2) is 40.8 Å². The molecule has 2 aromatic carbocycles. The van der Waals surface area contributed by atoms with E-state index in [4.69, 9.17) is 21.1 Å². The number of para-hydroxylation sites is 2. The van der Waals surface area contributed by atoms with Gasteiger partial charge in [0.2, 0.25) is 15.9 Å². The third-order valence-electron chi connectivity index (χ3n) is 4.08. The summed E-state index contributed by atoms with van der Waals surface area (Å²) >= 11 is 6.16. The van der Waals surface area contributed by atoms with Gasteiger partial charge in [0.05, 0.1) is 36.9 Å². The monoisotopic (exact) mass is 426 g/mol. The summed E-state index contributed by atoms with van der Waals surface area (Å²) in [5.74, 6) is 0.402. The van der Waals surface area contributed by atoms with Gasteiger partial charge in [0.25, 0.3) is 0 Å². The zero-order chi connectivity index (χ0) is 20.9. The largest absolute Gasteiger partial charge is 0.495 e. The molecule has 7 nitrogen and oxygen atoms in total. The van der Waals surface area contributed by atoms with Gasteiger partial charge >= 0.3 is 0 Å². The van der Waals surface area contributed by atoms with Crippen molar-refractivity contribution in [3.63, 3.8) is 0 Å². The van der Waals surface area contributed by atoms with Crippen LogP contribution in [0.3, 0.4) is 0 Å². The maximum atomic E-state index is 13.0. The van der Waals surface area contributed by atoms with Crippen molar-refractivity contribution in [2.75, 3.05) is 30.1 Å². The molecule has 9 heteroatoms. The fourth-order valence-corrected chi connectivity index (χ4v) is 4.27. The molecule has 0 heterocycles. The fourth-order valence-electron chi connectivity index (χ4n) is 2.82. The fraction of sp³-hybridized carbons (Fsp3) is 0.316. The number of ether oxygens (including phenoxy) is 2. The smallest absolute Gasteiger partial charge is 0.248 e. The van der Waals surface area contributed by atoms with Crippen molar-refractivity contribution in [1.82, 2.24) is 0 Å². The zero-order valence-electron chi connectivity index (χ0n) is 16.1. The standard InChI is InChI=1S/C19H23ClN2O5S/c1-5-16(19(23)21-15-8-6-7-9-18(15)27-3)22(28(4,24)25)13-10-11-17(26-2)14(20)12-13/h6-12,16H,5H2,1-4H3,(H,21,23). The third-order valence-corrected chi connectivity index (χ3v) is 5.56. The molecule has 0 aliphatic rings. The summed E-state index contributed by atoms with van der Waals surface area (Å²) in [6.07, 6.45) is 1.29. The molecule has 1 N–H and O–H groups in total. The van der Waals surface area contributed by atoms with E-state index in [1.54, 1.807) is 43.3 Å². The minimum absolute atomic E-state index is 0.244. The number of sulfonamides is 1. The Kier molecular flexibility index (Phi) is 7.15. The number of amides is 1. The molecule has 152 valence electrons. The number of rotatable bonds is 8. The molecule has 2 aromatic rings. The number of anilines is 2. The van der Waals surface area contributed by atoms with Crippen molar-refractivity contribution < 1.29 is 22.7 Å². The molecular weight excluding hydrogens is 404 g/mol. The Bertz CT molecular complexity index is 949. The normalized spacial score (nSPS) is 12.2. The van der Waals surface area contributed by atoms with E-state index in [-0.39, 0.29) is 17.1 Å². The lowest BCUT2D eigenvalue weighted by Gasteiger charge is -2.30. The van der Waals surface area contributed by atoms with E-state index in [1.807, 2.05) is 0 Å². The van der Waals surface area contributed by atoms with Crippen molar-refractivity contribution in [3.05, 3.63) is 47.5 Å². The number of methoxy groups -OCH3 is 2. The Morgan fingerprint density at radius 3 is 2.32 bits per heavy atom. The van der Waals surface area contributed by atoms with E-state index in [0.717, 1.165) is 10.6 Å². The van der Waals surface area contributed by atoms with Crippen LogP contribution in [0.4, 0.5) is 11.4 Å². The first-order valence-electron chi connectivity index (χ1n) is 8.49. The molecular formula is C19H23ClN2O5S. The van der Waals surface area contributed by atoms with Gasteiger partial charge in [-0.05, 0) is 36.8 Å². The average molecular weight is 427 g/mol. The van der Waals surface area contributed by atoms with Crippen molar-refractivity contribution in [1.29, 1.82) is 0 Å². The summed E-state index contributed by atoms with van der Waals surface area (Å²) < 4.78 is 36.5. The molecule has 0 spiro atoms.